The van der Waals surface area contributed by atoms with Gasteiger partial charge in [0.25, 0.3) is 0 Å². The lowest BCUT2D eigenvalue weighted by molar-refractivity contribution is -0.105. The molecule has 0 aliphatic carbocycles. The highest BCUT2D eigenvalue weighted by molar-refractivity contribution is 5.71. The number of nitrogens with one attached hydrogen (secondary N) is 1. The molecule has 1 rings (SSSR count). The van der Waals surface area contributed by atoms with Crippen LogP contribution in [0, 0.1) is 0 Å². The third kappa shape index (κ3) is 2.09. The van der Waals surface area contributed by atoms with Crippen molar-refractivity contribution in [2.45, 2.75) is 19.8 Å². The van der Waals surface area contributed by atoms with E-state index in [-0.39, 0.29) is 0 Å². The Morgan fingerprint density at radius 2 is 1.83 bits per heavy atom. The highest BCUT2D eigenvalue weighted by atomic mass is 16.1. The van der Waals surface area contributed by atoms with E-state index in [2.05, 4.69) is 19.2 Å². The van der Waals surface area contributed by atoms with Crippen LogP contribution in [0.5, 0.6) is 0 Å². The van der Waals surface area contributed by atoms with E-state index < -0.39 is 0 Å². The van der Waals surface area contributed by atoms with E-state index in [1.54, 1.807) is 0 Å². The molecular formula is C10H13NO. The van der Waals surface area contributed by atoms with Crippen LogP contribution in [0.4, 0.5) is 5.69 Å². The Morgan fingerprint density at radius 1 is 1.25 bits per heavy atom. The lowest BCUT2D eigenvalue weighted by atomic mass is 10.0. The number of anilines is 1. The predicted octanol–water partition coefficient (Wildman–Crippen LogP) is 2.38. The van der Waals surface area contributed by atoms with E-state index >= 15 is 0 Å². The molecule has 0 aliphatic rings. The van der Waals surface area contributed by atoms with Gasteiger partial charge < -0.3 is 5.32 Å². The van der Waals surface area contributed by atoms with Crippen LogP contribution in [0.3, 0.4) is 0 Å². The number of rotatable bonds is 3. The largest absolute Gasteiger partial charge is 0.329 e. The number of benzene rings is 1. The normalized spacial score (nSPS) is 9.92. The topological polar surface area (TPSA) is 29.1 Å². The molecule has 64 valence electrons. The van der Waals surface area contributed by atoms with Crippen molar-refractivity contribution in [3.63, 3.8) is 0 Å². The molecule has 0 fully saturated rings. The van der Waals surface area contributed by atoms with Gasteiger partial charge in [-0.1, -0.05) is 26.0 Å². The second-order valence-corrected chi connectivity index (χ2v) is 3.04. The number of amides is 1. The third-order valence-electron chi connectivity index (χ3n) is 1.80. The first-order chi connectivity index (χ1) is 5.74. The molecule has 12 heavy (non-hydrogen) atoms. The van der Waals surface area contributed by atoms with Gasteiger partial charge in [-0.15, -0.1) is 0 Å². The molecule has 2 nitrogen and oxygen atoms in total. The van der Waals surface area contributed by atoms with Crippen molar-refractivity contribution in [2.24, 2.45) is 0 Å². The maximum Gasteiger partial charge on any atom is 0.211 e. The maximum atomic E-state index is 10.1. The zero-order valence-electron chi connectivity index (χ0n) is 7.37. The zero-order chi connectivity index (χ0) is 8.97. The monoisotopic (exact) mass is 163 g/mol. The molecule has 1 aromatic rings. The summed E-state index contributed by atoms with van der Waals surface area (Å²) >= 11 is 0. The van der Waals surface area contributed by atoms with Gasteiger partial charge >= 0.3 is 0 Å². The van der Waals surface area contributed by atoms with Gasteiger partial charge in [-0.05, 0) is 23.6 Å². The Bertz CT molecular complexity index is 251. The molecule has 0 aliphatic heterocycles. The summed E-state index contributed by atoms with van der Waals surface area (Å²) in [6.07, 6.45) is 0.685. The maximum absolute atomic E-state index is 10.1. The summed E-state index contributed by atoms with van der Waals surface area (Å²) in [5, 5.41) is 2.59. The first-order valence-electron chi connectivity index (χ1n) is 4.04. The molecule has 1 aromatic carbocycles. The van der Waals surface area contributed by atoms with E-state index in [9.17, 15) is 4.79 Å². The fraction of sp³-hybridized carbons (Fsp3) is 0.300. The summed E-state index contributed by atoms with van der Waals surface area (Å²) in [5.74, 6) is 0.537. The van der Waals surface area contributed by atoms with E-state index in [0.29, 0.717) is 12.3 Å². The molecule has 0 heterocycles. The second-order valence-electron chi connectivity index (χ2n) is 3.04. The average molecular weight is 163 g/mol. The van der Waals surface area contributed by atoms with Crippen LogP contribution < -0.4 is 5.32 Å². The molecule has 1 N–H and O–H groups in total. The highest BCUT2D eigenvalue weighted by Crippen LogP contribution is 2.16. The first kappa shape index (κ1) is 8.78. The summed E-state index contributed by atoms with van der Waals surface area (Å²) in [6, 6.07) is 7.86. The molecule has 2 heteroatoms. The Labute approximate surface area is 72.6 Å². The Morgan fingerprint density at radius 3 is 2.25 bits per heavy atom. The number of hydrogen-bond acceptors (Lipinski definition) is 1. The molecule has 0 atom stereocenters. The zero-order valence-corrected chi connectivity index (χ0v) is 7.37. The number of hydrogen-bond donors (Lipinski definition) is 1. The summed E-state index contributed by atoms with van der Waals surface area (Å²) in [4.78, 5) is 10.1. The highest BCUT2D eigenvalue weighted by Gasteiger charge is 1.97. The Kier molecular flexibility index (Phi) is 2.86. The molecule has 0 aromatic heterocycles. The molecular weight excluding hydrogens is 150 g/mol. The molecule has 0 spiro atoms. The Hall–Kier alpha value is -1.31. The molecule has 0 saturated carbocycles. The van der Waals surface area contributed by atoms with Crippen molar-refractivity contribution < 1.29 is 4.79 Å². The molecule has 0 radical (unpaired) electrons. The van der Waals surface area contributed by atoms with Crippen LogP contribution in [0.2, 0.25) is 0 Å². The van der Waals surface area contributed by atoms with Crippen LogP contribution in [0.15, 0.2) is 24.3 Å². The second kappa shape index (κ2) is 3.90. The lowest BCUT2D eigenvalue weighted by Crippen LogP contribution is -1.94. The third-order valence-corrected chi connectivity index (χ3v) is 1.80. The quantitative estimate of drug-likeness (QED) is 0.681. The lowest BCUT2D eigenvalue weighted by Gasteiger charge is -2.05. The van der Waals surface area contributed by atoms with Crippen LogP contribution in [0.1, 0.15) is 25.3 Å². The SMILES string of the molecule is CC(C)c1ccc(NC=O)cc1. The Balaban J connectivity index is 2.78. The molecule has 0 unspecified atom stereocenters. The fourth-order valence-electron chi connectivity index (χ4n) is 1.03. The van der Waals surface area contributed by atoms with Crippen LogP contribution >= 0.6 is 0 Å². The van der Waals surface area contributed by atoms with Gasteiger partial charge in [0.1, 0.15) is 0 Å². The minimum Gasteiger partial charge on any atom is -0.329 e. The van der Waals surface area contributed by atoms with Crippen LogP contribution in [0.25, 0.3) is 0 Å². The van der Waals surface area contributed by atoms with Gasteiger partial charge in [-0.2, -0.15) is 0 Å². The van der Waals surface area contributed by atoms with Crippen molar-refractivity contribution in [3.05, 3.63) is 29.8 Å². The van der Waals surface area contributed by atoms with Crippen molar-refractivity contribution in [3.8, 4) is 0 Å². The number of carbonyl (C=O) groups excluding carboxylic acids is 1. The van der Waals surface area contributed by atoms with Gasteiger partial charge in [-0.3, -0.25) is 4.79 Å². The van der Waals surface area contributed by atoms with Gasteiger partial charge in [0.05, 0.1) is 0 Å². The molecule has 0 saturated heterocycles. The minimum atomic E-state index is 0.537. The number of carbonyl (C=O) groups is 1. The van der Waals surface area contributed by atoms with Gasteiger partial charge in [0, 0.05) is 5.69 Å². The average Bonchev–Trinajstić information content (AvgIpc) is 2.06. The first-order valence-corrected chi connectivity index (χ1v) is 4.04. The minimum absolute atomic E-state index is 0.537. The molecule has 0 bridgehead atoms. The van der Waals surface area contributed by atoms with E-state index in [1.807, 2.05) is 24.3 Å². The summed E-state index contributed by atoms with van der Waals surface area (Å²) in [7, 11) is 0. The van der Waals surface area contributed by atoms with Crippen molar-refractivity contribution in [1.82, 2.24) is 0 Å². The van der Waals surface area contributed by atoms with Gasteiger partial charge in [0.15, 0.2) is 0 Å². The van der Waals surface area contributed by atoms with Crippen molar-refractivity contribution in [2.75, 3.05) is 5.32 Å². The van der Waals surface area contributed by atoms with Gasteiger partial charge in [-0.25, -0.2) is 0 Å². The van der Waals surface area contributed by atoms with Gasteiger partial charge in [0.2, 0.25) is 6.41 Å². The summed E-state index contributed by atoms with van der Waals surface area (Å²) < 4.78 is 0. The summed E-state index contributed by atoms with van der Waals surface area (Å²) in [5.41, 5.74) is 2.13. The smallest absolute Gasteiger partial charge is 0.211 e. The molecule has 1 amide bonds. The standard InChI is InChI=1S/C10H13NO/c1-8(2)9-3-5-10(6-4-9)11-7-12/h3-8H,1-2H3,(H,11,12). The van der Waals surface area contributed by atoms with Crippen molar-refractivity contribution >= 4 is 12.1 Å². The fourth-order valence-corrected chi connectivity index (χ4v) is 1.03. The van der Waals surface area contributed by atoms with E-state index in [4.69, 9.17) is 0 Å². The van der Waals surface area contributed by atoms with Crippen LogP contribution in [-0.4, -0.2) is 6.41 Å². The van der Waals surface area contributed by atoms with E-state index in [1.165, 1.54) is 5.56 Å². The van der Waals surface area contributed by atoms with Crippen molar-refractivity contribution in [1.29, 1.82) is 0 Å². The van der Waals surface area contributed by atoms with Crippen LogP contribution in [-0.2, 0) is 4.79 Å². The van der Waals surface area contributed by atoms with E-state index in [0.717, 1.165) is 5.69 Å². The summed E-state index contributed by atoms with van der Waals surface area (Å²) in [6.45, 7) is 4.28. The predicted molar refractivity (Wildman–Crippen MR) is 50.2 cm³/mol.